The second-order valence-corrected chi connectivity index (χ2v) is 4.95. The summed E-state index contributed by atoms with van der Waals surface area (Å²) in [5, 5.41) is 2.50. The van der Waals surface area contributed by atoms with E-state index in [-0.39, 0.29) is 0 Å². The third kappa shape index (κ3) is 2.08. The van der Waals surface area contributed by atoms with E-state index in [1.807, 2.05) is 0 Å². The molecule has 3 rings (SSSR count). The highest BCUT2D eigenvalue weighted by Crippen LogP contribution is 2.33. The molecule has 1 heterocycles. The Bertz CT molecular complexity index is 550. The molecule has 0 fully saturated rings. The number of unbranched alkanes of at least 4 members (excludes halogenated alkanes) is 1. The van der Waals surface area contributed by atoms with Gasteiger partial charge in [-0.25, -0.2) is 0 Å². The quantitative estimate of drug-likeness (QED) is 0.810. The zero-order valence-corrected chi connectivity index (χ0v) is 10.9. The van der Waals surface area contributed by atoms with Gasteiger partial charge < -0.3 is 4.74 Å². The Hall–Kier alpha value is -1.54. The minimum atomic E-state index is 0.723. The summed E-state index contributed by atoms with van der Waals surface area (Å²) in [5.74, 6) is 1.08. The first-order chi connectivity index (χ1) is 8.88. The fourth-order valence-electron chi connectivity index (χ4n) is 2.55. The number of ether oxygens (including phenoxy) is 1. The minimum Gasteiger partial charge on any atom is -0.477 e. The maximum absolute atomic E-state index is 5.97. The molecule has 0 spiro atoms. The molecule has 0 unspecified atom stereocenters. The van der Waals surface area contributed by atoms with Gasteiger partial charge in [-0.1, -0.05) is 49.7 Å². The van der Waals surface area contributed by atoms with Crippen LogP contribution in [0.3, 0.4) is 0 Å². The molecule has 0 N–H and O–H groups in total. The lowest BCUT2D eigenvalue weighted by atomic mass is 10.0. The van der Waals surface area contributed by atoms with Gasteiger partial charge in [-0.2, -0.15) is 0 Å². The van der Waals surface area contributed by atoms with Gasteiger partial charge in [0.25, 0.3) is 0 Å². The van der Waals surface area contributed by atoms with Crippen molar-refractivity contribution < 1.29 is 4.74 Å². The van der Waals surface area contributed by atoms with Crippen LogP contribution < -0.4 is 4.74 Å². The molecule has 18 heavy (non-hydrogen) atoms. The number of rotatable bonds is 3. The summed E-state index contributed by atoms with van der Waals surface area (Å²) in [4.78, 5) is 2.38. The topological polar surface area (TPSA) is 12.5 Å². The van der Waals surface area contributed by atoms with Gasteiger partial charge in [-0.15, -0.1) is 0 Å². The van der Waals surface area contributed by atoms with E-state index >= 15 is 0 Å². The molecule has 2 heteroatoms. The first kappa shape index (κ1) is 11.5. The van der Waals surface area contributed by atoms with Crippen LogP contribution in [0.4, 0.5) is 0 Å². The molecule has 0 aromatic heterocycles. The number of hydrogen-bond acceptors (Lipinski definition) is 2. The standard InChI is InChI=1S/C16H19NO/c1-2-3-10-17-11-14-9-8-13-6-4-5-7-15(13)16(14)18-12-17/h4-9H,2-3,10-12H2,1H3. The first-order valence-electron chi connectivity index (χ1n) is 6.74. The molecule has 1 aliphatic rings. The Morgan fingerprint density at radius 3 is 2.94 bits per heavy atom. The van der Waals surface area contributed by atoms with Gasteiger partial charge in [-0.3, -0.25) is 4.90 Å². The van der Waals surface area contributed by atoms with Crippen molar-refractivity contribution >= 4 is 10.8 Å². The van der Waals surface area contributed by atoms with E-state index in [1.54, 1.807) is 0 Å². The van der Waals surface area contributed by atoms with Crippen LogP contribution in [-0.4, -0.2) is 18.2 Å². The molecule has 0 saturated heterocycles. The minimum absolute atomic E-state index is 0.723. The van der Waals surface area contributed by atoms with Gasteiger partial charge in [0, 0.05) is 24.0 Å². The van der Waals surface area contributed by atoms with Crippen LogP contribution >= 0.6 is 0 Å². The van der Waals surface area contributed by atoms with E-state index < -0.39 is 0 Å². The summed E-state index contributed by atoms with van der Waals surface area (Å²) in [5.41, 5.74) is 1.32. The van der Waals surface area contributed by atoms with Crippen LogP contribution in [0, 0.1) is 0 Å². The van der Waals surface area contributed by atoms with E-state index in [2.05, 4.69) is 48.2 Å². The number of benzene rings is 2. The highest BCUT2D eigenvalue weighted by atomic mass is 16.5. The van der Waals surface area contributed by atoms with Crippen molar-refractivity contribution in [3.8, 4) is 5.75 Å². The van der Waals surface area contributed by atoms with E-state index in [0.717, 1.165) is 25.6 Å². The van der Waals surface area contributed by atoms with Crippen molar-refractivity contribution in [1.82, 2.24) is 4.90 Å². The maximum atomic E-state index is 5.97. The summed E-state index contributed by atoms with van der Waals surface area (Å²) < 4.78 is 5.97. The lowest BCUT2D eigenvalue weighted by Crippen LogP contribution is -2.32. The van der Waals surface area contributed by atoms with E-state index in [9.17, 15) is 0 Å². The molecule has 1 aliphatic heterocycles. The molecule has 0 radical (unpaired) electrons. The van der Waals surface area contributed by atoms with Gasteiger partial charge in [0.2, 0.25) is 0 Å². The normalized spacial score (nSPS) is 15.4. The zero-order chi connectivity index (χ0) is 12.4. The lowest BCUT2D eigenvalue weighted by molar-refractivity contribution is 0.0958. The zero-order valence-electron chi connectivity index (χ0n) is 10.9. The van der Waals surface area contributed by atoms with E-state index in [1.165, 1.54) is 29.2 Å². The van der Waals surface area contributed by atoms with E-state index in [0.29, 0.717) is 0 Å². The largest absolute Gasteiger partial charge is 0.477 e. The SMILES string of the molecule is CCCCN1COc2c(ccc3ccccc23)C1. The second kappa shape index (κ2) is 4.99. The highest BCUT2D eigenvalue weighted by Gasteiger charge is 2.18. The van der Waals surface area contributed by atoms with Crippen LogP contribution in [-0.2, 0) is 6.54 Å². The average molecular weight is 241 g/mol. The summed E-state index contributed by atoms with van der Waals surface area (Å²) in [7, 11) is 0. The molecule has 0 saturated carbocycles. The smallest absolute Gasteiger partial charge is 0.142 e. The van der Waals surface area contributed by atoms with Crippen molar-refractivity contribution in [2.45, 2.75) is 26.3 Å². The maximum Gasteiger partial charge on any atom is 0.142 e. The van der Waals surface area contributed by atoms with Crippen molar-refractivity contribution in [2.24, 2.45) is 0 Å². The van der Waals surface area contributed by atoms with Crippen LogP contribution in [0.2, 0.25) is 0 Å². The Morgan fingerprint density at radius 2 is 2.06 bits per heavy atom. The van der Waals surface area contributed by atoms with Crippen molar-refractivity contribution in [3.63, 3.8) is 0 Å². The Kier molecular flexibility index (Phi) is 3.20. The number of fused-ring (bicyclic) bond motifs is 3. The Morgan fingerprint density at radius 1 is 1.17 bits per heavy atom. The molecule has 0 amide bonds. The fraction of sp³-hybridized carbons (Fsp3) is 0.375. The summed E-state index contributed by atoms with van der Waals surface area (Å²) in [6, 6.07) is 12.8. The van der Waals surface area contributed by atoms with Gasteiger partial charge in [-0.05, 0) is 11.8 Å². The first-order valence-corrected chi connectivity index (χ1v) is 6.74. The molecular formula is C16H19NO. The molecule has 2 nitrogen and oxygen atoms in total. The van der Waals surface area contributed by atoms with E-state index in [4.69, 9.17) is 4.74 Å². The number of nitrogens with zero attached hydrogens (tertiary/aromatic N) is 1. The fourth-order valence-corrected chi connectivity index (χ4v) is 2.55. The number of hydrogen-bond donors (Lipinski definition) is 0. The molecule has 0 aliphatic carbocycles. The van der Waals surface area contributed by atoms with Gasteiger partial charge in [0.15, 0.2) is 0 Å². The van der Waals surface area contributed by atoms with Crippen molar-refractivity contribution in [2.75, 3.05) is 13.3 Å². The molecule has 2 aromatic carbocycles. The average Bonchev–Trinajstić information content (AvgIpc) is 2.44. The van der Waals surface area contributed by atoms with Crippen LogP contribution in [0.25, 0.3) is 10.8 Å². The molecular weight excluding hydrogens is 222 g/mol. The van der Waals surface area contributed by atoms with Crippen LogP contribution in [0.1, 0.15) is 25.3 Å². The van der Waals surface area contributed by atoms with Gasteiger partial charge in [0.1, 0.15) is 12.5 Å². The highest BCUT2D eigenvalue weighted by molar-refractivity contribution is 5.89. The van der Waals surface area contributed by atoms with Crippen molar-refractivity contribution in [1.29, 1.82) is 0 Å². The predicted molar refractivity (Wildman–Crippen MR) is 74.8 cm³/mol. The molecule has 0 atom stereocenters. The lowest BCUT2D eigenvalue weighted by Gasteiger charge is -2.29. The summed E-state index contributed by atoms with van der Waals surface area (Å²) in [6.07, 6.45) is 2.48. The molecule has 2 aromatic rings. The van der Waals surface area contributed by atoms with Crippen LogP contribution in [0.15, 0.2) is 36.4 Å². The molecule has 0 bridgehead atoms. The Balaban J connectivity index is 1.91. The summed E-state index contributed by atoms with van der Waals surface area (Å²) in [6.45, 7) is 5.09. The monoisotopic (exact) mass is 241 g/mol. The molecule has 94 valence electrons. The third-order valence-electron chi connectivity index (χ3n) is 3.57. The summed E-state index contributed by atoms with van der Waals surface area (Å²) >= 11 is 0. The van der Waals surface area contributed by atoms with Crippen molar-refractivity contribution in [3.05, 3.63) is 42.0 Å². The Labute approximate surface area is 108 Å². The van der Waals surface area contributed by atoms with Crippen LogP contribution in [0.5, 0.6) is 5.75 Å². The van der Waals surface area contributed by atoms with Gasteiger partial charge in [0.05, 0.1) is 0 Å². The second-order valence-electron chi connectivity index (χ2n) is 4.95. The van der Waals surface area contributed by atoms with Gasteiger partial charge >= 0.3 is 0 Å². The third-order valence-corrected chi connectivity index (χ3v) is 3.57. The predicted octanol–water partition coefficient (Wildman–Crippen LogP) is 3.79.